The minimum atomic E-state index is -2.73. The first-order valence-corrected chi connectivity index (χ1v) is 9.36. The van der Waals surface area contributed by atoms with Crippen molar-refractivity contribution < 1.29 is 13.2 Å². The number of aromatic nitrogens is 2. The van der Waals surface area contributed by atoms with E-state index >= 15 is 0 Å². The highest BCUT2D eigenvalue weighted by Gasteiger charge is 2.23. The van der Waals surface area contributed by atoms with E-state index in [4.69, 9.17) is 11.6 Å². The average molecular weight is 407 g/mol. The molecule has 0 spiro atoms. The zero-order valence-electron chi connectivity index (χ0n) is 15.0. The van der Waals surface area contributed by atoms with Crippen LogP contribution in [-0.4, -0.2) is 41.0 Å². The first-order valence-electron chi connectivity index (χ1n) is 8.98. The minimum Gasteiger partial charge on any atom is -0.353 e. The van der Waals surface area contributed by atoms with Gasteiger partial charge in [0.2, 0.25) is 0 Å². The van der Waals surface area contributed by atoms with Crippen LogP contribution in [0, 0.1) is 5.82 Å². The zero-order chi connectivity index (χ0) is 19.7. The second-order valence-corrected chi connectivity index (χ2v) is 7.09. The number of alkyl halides is 2. The van der Waals surface area contributed by atoms with Gasteiger partial charge in [-0.15, -0.1) is 0 Å². The van der Waals surface area contributed by atoms with E-state index in [9.17, 15) is 13.2 Å². The molecule has 0 unspecified atom stereocenters. The molecule has 1 aliphatic rings. The van der Waals surface area contributed by atoms with Crippen LogP contribution in [-0.2, 0) is 6.54 Å². The quantitative estimate of drug-likeness (QED) is 0.629. The van der Waals surface area contributed by atoms with E-state index in [0.29, 0.717) is 54.6 Å². The van der Waals surface area contributed by atoms with E-state index in [-0.39, 0.29) is 5.82 Å². The molecule has 0 radical (unpaired) electrons. The van der Waals surface area contributed by atoms with Crippen LogP contribution >= 0.6 is 11.6 Å². The van der Waals surface area contributed by atoms with Crippen LogP contribution in [0.2, 0.25) is 5.02 Å². The van der Waals surface area contributed by atoms with Crippen LogP contribution in [0.4, 0.5) is 19.0 Å². The van der Waals surface area contributed by atoms with Crippen LogP contribution in [0.15, 0.2) is 42.5 Å². The Morgan fingerprint density at radius 3 is 2.43 bits per heavy atom. The van der Waals surface area contributed by atoms with Gasteiger partial charge in [0.25, 0.3) is 6.43 Å². The molecule has 146 valence electrons. The topological polar surface area (TPSA) is 32.3 Å². The van der Waals surface area contributed by atoms with Gasteiger partial charge in [0.15, 0.2) is 5.82 Å². The summed E-state index contributed by atoms with van der Waals surface area (Å²) in [6.07, 6.45) is -2.73. The van der Waals surface area contributed by atoms with E-state index in [1.807, 2.05) is 17.0 Å². The number of hydrogen-bond acceptors (Lipinski definition) is 4. The van der Waals surface area contributed by atoms with Gasteiger partial charge in [-0.3, -0.25) is 4.90 Å². The molecule has 0 aliphatic carbocycles. The van der Waals surface area contributed by atoms with E-state index < -0.39 is 12.2 Å². The van der Waals surface area contributed by atoms with Gasteiger partial charge in [-0.05, 0) is 24.3 Å². The molecule has 2 heterocycles. The van der Waals surface area contributed by atoms with Gasteiger partial charge in [0.05, 0.1) is 5.52 Å². The third kappa shape index (κ3) is 3.77. The summed E-state index contributed by atoms with van der Waals surface area (Å²) in [7, 11) is 0. The normalized spacial score (nSPS) is 15.5. The third-order valence-corrected chi connectivity index (χ3v) is 5.26. The number of hydrogen-bond donors (Lipinski definition) is 0. The van der Waals surface area contributed by atoms with Gasteiger partial charge in [0.1, 0.15) is 11.6 Å². The Balaban J connectivity index is 1.54. The van der Waals surface area contributed by atoms with Gasteiger partial charge in [0, 0.05) is 48.7 Å². The summed E-state index contributed by atoms with van der Waals surface area (Å²) in [5.41, 5.74) is 0.980. The van der Waals surface area contributed by atoms with Crippen molar-refractivity contribution in [1.29, 1.82) is 0 Å². The standard InChI is InChI=1S/C20H18ClF3N4/c21-15-5-3-6-16(22)14(15)12-27-8-10-28(11-9-27)20-13-4-1-2-7-17(13)25-19(26-20)18(23)24/h1-7,18H,8-12H2. The maximum atomic E-state index is 14.0. The number of para-hydroxylation sites is 1. The predicted molar refractivity (Wildman–Crippen MR) is 103 cm³/mol. The van der Waals surface area contributed by atoms with Crippen molar-refractivity contribution in [3.8, 4) is 0 Å². The maximum Gasteiger partial charge on any atom is 0.297 e. The molecule has 2 aromatic carbocycles. The highest BCUT2D eigenvalue weighted by atomic mass is 35.5. The summed E-state index contributed by atoms with van der Waals surface area (Å²) in [4.78, 5) is 12.2. The molecular weight excluding hydrogens is 389 g/mol. The molecule has 8 heteroatoms. The van der Waals surface area contributed by atoms with E-state index in [2.05, 4.69) is 14.9 Å². The molecule has 1 aromatic heterocycles. The fraction of sp³-hybridized carbons (Fsp3) is 0.300. The van der Waals surface area contributed by atoms with Gasteiger partial charge in [-0.2, -0.15) is 0 Å². The van der Waals surface area contributed by atoms with Crippen molar-refractivity contribution in [2.45, 2.75) is 13.0 Å². The Kier molecular flexibility index (Phi) is 5.37. The largest absolute Gasteiger partial charge is 0.353 e. The van der Waals surface area contributed by atoms with E-state index in [1.54, 1.807) is 24.3 Å². The molecule has 4 rings (SSSR count). The molecule has 3 aromatic rings. The van der Waals surface area contributed by atoms with Crippen molar-refractivity contribution in [3.05, 3.63) is 64.7 Å². The Morgan fingerprint density at radius 1 is 0.964 bits per heavy atom. The van der Waals surface area contributed by atoms with E-state index in [0.717, 1.165) is 5.39 Å². The average Bonchev–Trinajstić information content (AvgIpc) is 2.70. The number of piperazine rings is 1. The molecule has 1 saturated heterocycles. The number of nitrogens with zero attached hydrogens (tertiary/aromatic N) is 4. The fourth-order valence-electron chi connectivity index (χ4n) is 3.44. The number of benzene rings is 2. The molecule has 4 nitrogen and oxygen atoms in total. The molecule has 1 fully saturated rings. The van der Waals surface area contributed by atoms with Crippen LogP contribution in [0.3, 0.4) is 0 Å². The van der Waals surface area contributed by atoms with Crippen molar-refractivity contribution >= 4 is 28.3 Å². The summed E-state index contributed by atoms with van der Waals surface area (Å²) >= 11 is 6.12. The number of rotatable bonds is 4. The fourth-order valence-corrected chi connectivity index (χ4v) is 3.66. The Bertz CT molecular complexity index is 970. The Hall–Kier alpha value is -2.38. The van der Waals surface area contributed by atoms with Gasteiger partial charge >= 0.3 is 0 Å². The lowest BCUT2D eigenvalue weighted by molar-refractivity contribution is 0.141. The van der Waals surface area contributed by atoms with E-state index in [1.165, 1.54) is 6.07 Å². The first kappa shape index (κ1) is 19.0. The second kappa shape index (κ2) is 7.93. The highest BCUT2D eigenvalue weighted by molar-refractivity contribution is 6.31. The van der Waals surface area contributed by atoms with Crippen molar-refractivity contribution in [3.63, 3.8) is 0 Å². The molecular formula is C20H18ClF3N4. The van der Waals surface area contributed by atoms with Crippen LogP contribution in [0.1, 0.15) is 17.8 Å². The summed E-state index contributed by atoms with van der Waals surface area (Å²) < 4.78 is 40.5. The van der Waals surface area contributed by atoms with Crippen LogP contribution < -0.4 is 4.90 Å². The zero-order valence-corrected chi connectivity index (χ0v) is 15.7. The maximum absolute atomic E-state index is 14.0. The van der Waals surface area contributed by atoms with Gasteiger partial charge < -0.3 is 4.90 Å². The number of fused-ring (bicyclic) bond motifs is 1. The summed E-state index contributed by atoms with van der Waals surface area (Å²) in [5.74, 6) is -0.267. The summed E-state index contributed by atoms with van der Waals surface area (Å²) in [5, 5.41) is 1.16. The lowest BCUT2D eigenvalue weighted by Gasteiger charge is -2.36. The molecule has 0 amide bonds. The minimum absolute atomic E-state index is 0.321. The van der Waals surface area contributed by atoms with Crippen molar-refractivity contribution in [1.82, 2.24) is 14.9 Å². The lowest BCUT2D eigenvalue weighted by atomic mass is 10.1. The third-order valence-electron chi connectivity index (χ3n) is 4.91. The SMILES string of the molecule is Fc1cccc(Cl)c1CN1CCN(c2nc(C(F)F)nc3ccccc23)CC1. The monoisotopic (exact) mass is 406 g/mol. The number of anilines is 1. The predicted octanol–water partition coefficient (Wildman–Crippen LogP) is 4.68. The molecule has 0 N–H and O–H groups in total. The Morgan fingerprint density at radius 2 is 1.71 bits per heavy atom. The Labute approximate surface area is 165 Å². The van der Waals surface area contributed by atoms with Gasteiger partial charge in [-0.1, -0.05) is 29.8 Å². The van der Waals surface area contributed by atoms with Crippen molar-refractivity contribution in [2.75, 3.05) is 31.1 Å². The van der Waals surface area contributed by atoms with Crippen LogP contribution in [0.25, 0.3) is 10.9 Å². The van der Waals surface area contributed by atoms with Gasteiger partial charge in [-0.25, -0.2) is 23.1 Å². The van der Waals surface area contributed by atoms with Crippen LogP contribution in [0.5, 0.6) is 0 Å². The molecule has 1 aliphatic heterocycles. The second-order valence-electron chi connectivity index (χ2n) is 6.69. The highest BCUT2D eigenvalue weighted by Crippen LogP contribution is 2.28. The molecule has 0 bridgehead atoms. The lowest BCUT2D eigenvalue weighted by Crippen LogP contribution is -2.46. The molecule has 0 atom stereocenters. The molecule has 28 heavy (non-hydrogen) atoms. The molecule has 0 saturated carbocycles. The summed E-state index contributed by atoms with van der Waals surface area (Å²) in [6, 6.07) is 11.8. The summed E-state index contributed by atoms with van der Waals surface area (Å²) in [6.45, 7) is 2.89. The number of halogens is 4. The smallest absolute Gasteiger partial charge is 0.297 e. The first-order chi connectivity index (χ1) is 13.5. The van der Waals surface area contributed by atoms with Crippen molar-refractivity contribution in [2.24, 2.45) is 0 Å².